The van der Waals surface area contributed by atoms with Crippen LogP contribution in [0.4, 0.5) is 0 Å². The number of rotatable bonds is 5. The first-order valence-corrected chi connectivity index (χ1v) is 23.9. The van der Waals surface area contributed by atoms with Crippen LogP contribution in [0.25, 0.3) is 71.5 Å². The van der Waals surface area contributed by atoms with E-state index in [9.17, 15) is 0 Å². The minimum atomic E-state index is 0.102. The van der Waals surface area contributed by atoms with Gasteiger partial charge in [-0.15, -0.1) is 0 Å². The van der Waals surface area contributed by atoms with Crippen molar-refractivity contribution in [2.24, 2.45) is 21.8 Å². The zero-order valence-corrected chi connectivity index (χ0v) is 37.8. The maximum absolute atomic E-state index is 6.71. The van der Waals surface area contributed by atoms with Crippen LogP contribution < -0.4 is 0 Å². The van der Waals surface area contributed by atoms with Gasteiger partial charge in [0.25, 0.3) is 0 Å². The summed E-state index contributed by atoms with van der Waals surface area (Å²) in [6, 6.07) is 63.8. The molecule has 67 heavy (non-hydrogen) atoms. The number of amidine groups is 1. The quantitative estimate of drug-likeness (QED) is 0.170. The molecule has 10 aromatic rings. The Morgan fingerprint density at radius 3 is 2.16 bits per heavy atom. The summed E-state index contributed by atoms with van der Waals surface area (Å²) >= 11 is 0. The van der Waals surface area contributed by atoms with E-state index in [0.717, 1.165) is 87.2 Å². The minimum Gasteiger partial charge on any atom is -0.456 e. The van der Waals surface area contributed by atoms with Gasteiger partial charge < -0.3 is 8.98 Å². The van der Waals surface area contributed by atoms with E-state index in [1.54, 1.807) is 0 Å². The Labute approximate surface area is 390 Å². The lowest BCUT2D eigenvalue weighted by atomic mass is 9.77. The van der Waals surface area contributed by atoms with Gasteiger partial charge in [-0.05, 0) is 130 Å². The normalized spacial score (nSPS) is 21.0. The second kappa shape index (κ2) is 16.0. The van der Waals surface area contributed by atoms with Gasteiger partial charge in [-0.2, -0.15) is 0 Å². The summed E-state index contributed by atoms with van der Waals surface area (Å²) in [5.74, 6) is 1.40. The fourth-order valence-corrected chi connectivity index (χ4v) is 11.4. The molecule has 322 valence electrons. The van der Waals surface area contributed by atoms with Crippen LogP contribution >= 0.6 is 0 Å². The molecular weight excluding hydrogens is 815 g/mol. The molecule has 0 bridgehead atoms. The molecule has 0 spiro atoms. The molecule has 3 atom stereocenters. The summed E-state index contributed by atoms with van der Waals surface area (Å²) in [6.45, 7) is 4.67. The molecular formula is C63H49N3O. The fourth-order valence-electron chi connectivity index (χ4n) is 11.4. The SMILES string of the molecule is CC1C=CC2=C(C1)c1cc3ccccc3cc1CCC2c1cc2oc3ccccc3c2cc1C1=C\CC(C)/C(c2ccc3c(c2)c2ccccc2n3-c2ccccc2)=N/C(c2ccccc2)=N\1. The molecule has 3 heterocycles. The first kappa shape index (κ1) is 39.5. The second-order valence-electron chi connectivity index (χ2n) is 18.9. The van der Waals surface area contributed by atoms with Crippen molar-refractivity contribution in [1.29, 1.82) is 0 Å². The third-order valence-corrected chi connectivity index (χ3v) is 14.7. The molecule has 3 aliphatic rings. The summed E-state index contributed by atoms with van der Waals surface area (Å²) in [4.78, 5) is 11.4. The van der Waals surface area contributed by atoms with E-state index in [-0.39, 0.29) is 11.8 Å². The zero-order chi connectivity index (χ0) is 44.6. The van der Waals surface area contributed by atoms with E-state index in [0.29, 0.717) is 5.92 Å². The number of aryl methyl sites for hydroxylation is 1. The Bertz CT molecular complexity index is 3780. The predicted molar refractivity (Wildman–Crippen MR) is 281 cm³/mol. The maximum atomic E-state index is 6.71. The van der Waals surface area contributed by atoms with Crippen LogP contribution in [0.3, 0.4) is 0 Å². The average Bonchev–Trinajstić information content (AvgIpc) is 3.85. The smallest absolute Gasteiger partial charge is 0.160 e. The Balaban J connectivity index is 1.00. The molecule has 0 fully saturated rings. The molecule has 0 amide bonds. The van der Waals surface area contributed by atoms with Gasteiger partial charge >= 0.3 is 0 Å². The van der Waals surface area contributed by atoms with Crippen molar-refractivity contribution in [3.63, 3.8) is 0 Å². The van der Waals surface area contributed by atoms with E-state index in [1.165, 1.54) is 60.4 Å². The standard InChI is InChI=1S/C63H49N3O/c1-39-25-29-47-48(30-27-44-34-42-17-9-10-18-43(42)35-51(44)52(47)33-39)53-38-61-56(50-22-12-14-24-60(50)67-61)37-54(53)57-31-26-40(2)62(65-63(64-57)41-15-5-3-6-16-41)45-28-32-59-55(36-45)49-21-11-13-23-58(49)66(59)46-19-7-4-8-20-46/h3-25,28-29,31-32,34-40,48H,26-27,30,33H2,1-2H3/b57-31+,64-63-,65-62-. The molecule has 8 aromatic carbocycles. The van der Waals surface area contributed by atoms with Gasteiger partial charge in [0.05, 0.1) is 22.4 Å². The van der Waals surface area contributed by atoms with Crippen molar-refractivity contribution in [3.05, 3.63) is 233 Å². The number of hydrogen-bond donors (Lipinski definition) is 0. The van der Waals surface area contributed by atoms with E-state index in [1.807, 2.05) is 0 Å². The van der Waals surface area contributed by atoms with E-state index < -0.39 is 0 Å². The minimum absolute atomic E-state index is 0.102. The predicted octanol–water partition coefficient (Wildman–Crippen LogP) is 16.2. The van der Waals surface area contributed by atoms with Crippen LogP contribution in [-0.2, 0) is 6.42 Å². The molecule has 1 aliphatic heterocycles. The number of benzene rings is 8. The van der Waals surface area contributed by atoms with Crippen molar-refractivity contribution in [1.82, 2.24) is 4.57 Å². The third kappa shape index (κ3) is 6.73. The van der Waals surface area contributed by atoms with Crippen molar-refractivity contribution in [3.8, 4) is 5.69 Å². The highest BCUT2D eigenvalue weighted by atomic mass is 16.3. The molecule has 3 unspecified atom stereocenters. The largest absolute Gasteiger partial charge is 0.456 e. The number of fused-ring (bicyclic) bond motifs is 9. The van der Waals surface area contributed by atoms with E-state index in [2.05, 4.69) is 213 Å². The Kier molecular flexibility index (Phi) is 9.42. The van der Waals surface area contributed by atoms with Crippen molar-refractivity contribution in [2.45, 2.75) is 45.4 Å². The van der Waals surface area contributed by atoms with Crippen molar-refractivity contribution in [2.75, 3.05) is 0 Å². The van der Waals surface area contributed by atoms with Crippen LogP contribution in [-0.4, -0.2) is 16.1 Å². The molecule has 0 N–H and O–H groups in total. The molecule has 2 aliphatic carbocycles. The summed E-state index contributed by atoms with van der Waals surface area (Å²) in [5, 5.41) is 7.28. The van der Waals surface area contributed by atoms with Gasteiger partial charge in [-0.3, -0.25) is 0 Å². The van der Waals surface area contributed by atoms with Gasteiger partial charge in [0.15, 0.2) is 5.84 Å². The summed E-state index contributed by atoms with van der Waals surface area (Å²) in [6.07, 6.45) is 11.0. The highest BCUT2D eigenvalue weighted by molar-refractivity contribution is 6.18. The lowest BCUT2D eigenvalue weighted by Gasteiger charge is -2.27. The molecule has 13 rings (SSSR count). The molecule has 4 nitrogen and oxygen atoms in total. The number of nitrogens with zero attached hydrogens (tertiary/aromatic N) is 3. The zero-order valence-electron chi connectivity index (χ0n) is 37.8. The molecule has 0 saturated carbocycles. The summed E-state index contributed by atoms with van der Waals surface area (Å²) < 4.78 is 9.09. The first-order valence-electron chi connectivity index (χ1n) is 23.9. The molecule has 0 saturated heterocycles. The fraction of sp³-hybridized carbons (Fsp3) is 0.143. The van der Waals surface area contributed by atoms with Crippen molar-refractivity contribution < 1.29 is 4.42 Å². The first-order chi connectivity index (χ1) is 33.0. The Hall–Kier alpha value is -7.82. The van der Waals surface area contributed by atoms with Gasteiger partial charge in [0.2, 0.25) is 0 Å². The number of furan rings is 1. The highest BCUT2D eigenvalue weighted by Gasteiger charge is 2.31. The molecule has 2 aromatic heterocycles. The van der Waals surface area contributed by atoms with Gasteiger partial charge in [-0.1, -0.05) is 153 Å². The Morgan fingerprint density at radius 2 is 1.31 bits per heavy atom. The average molecular weight is 864 g/mol. The topological polar surface area (TPSA) is 42.8 Å². The number of para-hydroxylation sites is 3. The van der Waals surface area contributed by atoms with Crippen LogP contribution in [0.5, 0.6) is 0 Å². The van der Waals surface area contributed by atoms with Crippen LogP contribution in [0.2, 0.25) is 0 Å². The van der Waals surface area contributed by atoms with Gasteiger partial charge in [0.1, 0.15) is 11.2 Å². The lowest BCUT2D eigenvalue weighted by Crippen LogP contribution is -2.17. The van der Waals surface area contributed by atoms with E-state index >= 15 is 0 Å². The second-order valence-corrected chi connectivity index (χ2v) is 18.9. The van der Waals surface area contributed by atoms with Crippen LogP contribution in [0.1, 0.15) is 72.4 Å². The Morgan fingerprint density at radius 1 is 0.582 bits per heavy atom. The van der Waals surface area contributed by atoms with Crippen LogP contribution in [0.15, 0.2) is 214 Å². The molecule has 0 radical (unpaired) electrons. The van der Waals surface area contributed by atoms with Gasteiger partial charge in [-0.25, -0.2) is 9.98 Å². The molecule has 4 heteroatoms. The maximum Gasteiger partial charge on any atom is 0.160 e. The van der Waals surface area contributed by atoms with Gasteiger partial charge in [0, 0.05) is 50.2 Å². The number of aromatic nitrogens is 1. The lowest BCUT2D eigenvalue weighted by molar-refractivity contribution is 0.663. The number of hydrogen-bond acceptors (Lipinski definition) is 3. The summed E-state index contributed by atoms with van der Waals surface area (Å²) in [7, 11) is 0. The highest BCUT2D eigenvalue weighted by Crippen LogP contribution is 2.49. The monoisotopic (exact) mass is 863 g/mol. The summed E-state index contributed by atoms with van der Waals surface area (Å²) in [5.41, 5.74) is 17.6. The number of allylic oxidation sites excluding steroid dienone is 5. The van der Waals surface area contributed by atoms with Crippen molar-refractivity contribution >= 4 is 77.3 Å². The van der Waals surface area contributed by atoms with Crippen LogP contribution in [0, 0.1) is 11.8 Å². The number of aliphatic imine (C=N–C) groups is 2. The van der Waals surface area contributed by atoms with E-state index in [4.69, 9.17) is 14.4 Å². The third-order valence-electron chi connectivity index (χ3n) is 14.7.